The molecule has 0 amide bonds. The smallest absolute Gasteiger partial charge is 0.406 e. The Morgan fingerprint density at radius 3 is 2.24 bits per heavy atom. The maximum Gasteiger partial charge on any atom is 0.573 e. The van der Waals surface area contributed by atoms with Crippen LogP contribution in [0.15, 0.2) is 48.5 Å². The highest BCUT2D eigenvalue weighted by Crippen LogP contribution is 2.22. The Bertz CT molecular complexity index is 584. The van der Waals surface area contributed by atoms with Gasteiger partial charge in [-0.1, -0.05) is 41.9 Å². The fraction of sp³-hybridized carbons (Fsp3) is 0.200. The van der Waals surface area contributed by atoms with E-state index in [-0.39, 0.29) is 5.75 Å². The van der Waals surface area contributed by atoms with Gasteiger partial charge in [0.05, 0.1) is 0 Å². The maximum absolute atomic E-state index is 12.0. The predicted molar refractivity (Wildman–Crippen MR) is 75.1 cm³/mol. The van der Waals surface area contributed by atoms with E-state index in [2.05, 4.69) is 10.1 Å². The molecule has 2 rings (SSSR count). The molecule has 0 aliphatic heterocycles. The van der Waals surface area contributed by atoms with Crippen molar-refractivity contribution < 1.29 is 17.9 Å². The highest BCUT2D eigenvalue weighted by molar-refractivity contribution is 6.31. The van der Waals surface area contributed by atoms with E-state index < -0.39 is 6.36 Å². The molecule has 0 aliphatic rings. The number of hydrogen-bond acceptors (Lipinski definition) is 2. The number of ether oxygens (including phenoxy) is 1. The van der Waals surface area contributed by atoms with Crippen LogP contribution in [0.25, 0.3) is 0 Å². The van der Waals surface area contributed by atoms with Crippen molar-refractivity contribution in [2.45, 2.75) is 19.5 Å². The van der Waals surface area contributed by atoms with Crippen LogP contribution in [0, 0.1) is 0 Å². The molecule has 0 saturated carbocycles. The molecular weight excluding hydrogens is 303 g/mol. The molecule has 0 radical (unpaired) electrons. The van der Waals surface area contributed by atoms with Crippen LogP contribution < -0.4 is 10.1 Å². The average molecular weight is 316 g/mol. The number of benzene rings is 2. The average Bonchev–Trinajstić information content (AvgIpc) is 2.41. The van der Waals surface area contributed by atoms with Crippen LogP contribution in [0.5, 0.6) is 5.75 Å². The van der Waals surface area contributed by atoms with Gasteiger partial charge in [-0.25, -0.2) is 0 Å². The van der Waals surface area contributed by atoms with Gasteiger partial charge in [0.2, 0.25) is 0 Å². The van der Waals surface area contributed by atoms with E-state index >= 15 is 0 Å². The van der Waals surface area contributed by atoms with E-state index in [0.29, 0.717) is 18.1 Å². The lowest BCUT2D eigenvalue weighted by molar-refractivity contribution is -0.274. The van der Waals surface area contributed by atoms with Crippen LogP contribution in [0.3, 0.4) is 0 Å². The molecule has 0 aromatic heterocycles. The number of nitrogens with one attached hydrogen (secondary N) is 1. The quantitative estimate of drug-likeness (QED) is 0.875. The summed E-state index contributed by atoms with van der Waals surface area (Å²) >= 11 is 6.03. The molecule has 6 heteroatoms. The molecule has 112 valence electrons. The molecule has 0 unspecified atom stereocenters. The third-order valence-corrected chi connectivity index (χ3v) is 3.13. The largest absolute Gasteiger partial charge is 0.573 e. The zero-order chi connectivity index (χ0) is 15.3. The van der Waals surface area contributed by atoms with Crippen molar-refractivity contribution in [2.75, 3.05) is 0 Å². The van der Waals surface area contributed by atoms with Crippen molar-refractivity contribution in [2.24, 2.45) is 0 Å². The van der Waals surface area contributed by atoms with Crippen molar-refractivity contribution >= 4 is 11.6 Å². The third-order valence-electron chi connectivity index (χ3n) is 2.76. The van der Waals surface area contributed by atoms with Gasteiger partial charge in [-0.15, -0.1) is 13.2 Å². The van der Waals surface area contributed by atoms with Crippen LogP contribution in [-0.4, -0.2) is 6.36 Å². The fourth-order valence-corrected chi connectivity index (χ4v) is 1.99. The second kappa shape index (κ2) is 6.83. The predicted octanol–water partition coefficient (Wildman–Crippen LogP) is 4.53. The summed E-state index contributed by atoms with van der Waals surface area (Å²) in [5, 5.41) is 3.86. The van der Waals surface area contributed by atoms with Gasteiger partial charge in [0.1, 0.15) is 5.75 Å². The van der Waals surface area contributed by atoms with E-state index in [0.717, 1.165) is 11.1 Å². The minimum absolute atomic E-state index is 0.225. The minimum Gasteiger partial charge on any atom is -0.406 e. The second-order valence-corrected chi connectivity index (χ2v) is 4.79. The van der Waals surface area contributed by atoms with Gasteiger partial charge < -0.3 is 10.1 Å². The third kappa shape index (κ3) is 5.28. The lowest BCUT2D eigenvalue weighted by atomic mass is 10.2. The molecule has 0 aliphatic carbocycles. The molecule has 0 spiro atoms. The van der Waals surface area contributed by atoms with E-state index in [4.69, 9.17) is 11.6 Å². The Morgan fingerprint density at radius 2 is 1.62 bits per heavy atom. The first-order chi connectivity index (χ1) is 9.94. The van der Waals surface area contributed by atoms with Gasteiger partial charge in [0.15, 0.2) is 0 Å². The summed E-state index contributed by atoms with van der Waals surface area (Å²) in [4.78, 5) is 0. The van der Waals surface area contributed by atoms with Crippen LogP contribution in [0.2, 0.25) is 5.02 Å². The normalized spacial score (nSPS) is 11.4. The van der Waals surface area contributed by atoms with Gasteiger partial charge in [-0.2, -0.15) is 0 Å². The SMILES string of the molecule is FC(F)(F)Oc1ccc(CNCc2ccccc2Cl)cc1. The lowest BCUT2D eigenvalue weighted by Crippen LogP contribution is -2.17. The fourth-order valence-electron chi connectivity index (χ4n) is 1.79. The monoisotopic (exact) mass is 315 g/mol. The van der Waals surface area contributed by atoms with Crippen molar-refractivity contribution in [1.29, 1.82) is 0 Å². The Morgan fingerprint density at radius 1 is 0.952 bits per heavy atom. The van der Waals surface area contributed by atoms with Gasteiger partial charge in [0.25, 0.3) is 0 Å². The molecule has 1 N–H and O–H groups in total. The van der Waals surface area contributed by atoms with Gasteiger partial charge in [-0.3, -0.25) is 0 Å². The Hall–Kier alpha value is -1.72. The summed E-state index contributed by atoms with van der Waals surface area (Å²) in [6, 6.07) is 13.2. The van der Waals surface area contributed by atoms with Crippen LogP contribution in [0.1, 0.15) is 11.1 Å². The minimum atomic E-state index is -4.66. The molecule has 2 aromatic rings. The number of halogens is 4. The van der Waals surface area contributed by atoms with Gasteiger partial charge in [0, 0.05) is 18.1 Å². The van der Waals surface area contributed by atoms with E-state index in [1.165, 1.54) is 12.1 Å². The van der Waals surface area contributed by atoms with Crippen LogP contribution in [-0.2, 0) is 13.1 Å². The summed E-state index contributed by atoms with van der Waals surface area (Å²) in [6.07, 6.45) is -4.66. The van der Waals surface area contributed by atoms with Gasteiger partial charge >= 0.3 is 6.36 Å². The molecular formula is C15H13ClF3NO. The number of hydrogen-bond donors (Lipinski definition) is 1. The first-order valence-electron chi connectivity index (χ1n) is 6.23. The standard InChI is InChI=1S/C15H13ClF3NO/c16-14-4-2-1-3-12(14)10-20-9-11-5-7-13(8-6-11)21-15(17,18)19/h1-8,20H,9-10H2. The van der Waals surface area contributed by atoms with E-state index in [1.54, 1.807) is 12.1 Å². The Balaban J connectivity index is 1.85. The van der Waals surface area contributed by atoms with Crippen molar-refractivity contribution in [3.8, 4) is 5.75 Å². The molecule has 0 bridgehead atoms. The molecule has 0 heterocycles. The summed E-state index contributed by atoms with van der Waals surface area (Å²) < 4.78 is 39.9. The summed E-state index contributed by atoms with van der Waals surface area (Å²) in [5.74, 6) is -0.225. The topological polar surface area (TPSA) is 21.3 Å². The summed E-state index contributed by atoms with van der Waals surface area (Å²) in [6.45, 7) is 1.11. The highest BCUT2D eigenvalue weighted by atomic mass is 35.5. The zero-order valence-corrected chi connectivity index (χ0v) is 11.7. The lowest BCUT2D eigenvalue weighted by Gasteiger charge is -2.10. The second-order valence-electron chi connectivity index (χ2n) is 4.39. The van der Waals surface area contributed by atoms with Crippen LogP contribution >= 0.6 is 11.6 Å². The van der Waals surface area contributed by atoms with Crippen LogP contribution in [0.4, 0.5) is 13.2 Å². The zero-order valence-electron chi connectivity index (χ0n) is 11.0. The Kier molecular flexibility index (Phi) is 5.09. The molecule has 21 heavy (non-hydrogen) atoms. The van der Waals surface area contributed by atoms with Crippen molar-refractivity contribution in [3.05, 3.63) is 64.7 Å². The van der Waals surface area contributed by atoms with E-state index in [1.807, 2.05) is 24.3 Å². The number of rotatable bonds is 5. The van der Waals surface area contributed by atoms with E-state index in [9.17, 15) is 13.2 Å². The number of alkyl halides is 3. The van der Waals surface area contributed by atoms with Crippen molar-refractivity contribution in [3.63, 3.8) is 0 Å². The maximum atomic E-state index is 12.0. The molecule has 0 saturated heterocycles. The first kappa shape index (κ1) is 15.7. The first-order valence-corrected chi connectivity index (χ1v) is 6.61. The summed E-state index contributed by atoms with van der Waals surface area (Å²) in [7, 11) is 0. The molecule has 2 nitrogen and oxygen atoms in total. The summed E-state index contributed by atoms with van der Waals surface area (Å²) in [5.41, 5.74) is 1.83. The van der Waals surface area contributed by atoms with Gasteiger partial charge in [-0.05, 0) is 29.3 Å². The molecule has 0 atom stereocenters. The molecule has 0 fully saturated rings. The molecule has 2 aromatic carbocycles. The van der Waals surface area contributed by atoms with Crippen molar-refractivity contribution in [1.82, 2.24) is 5.32 Å². The highest BCUT2D eigenvalue weighted by Gasteiger charge is 2.30. The Labute approximate surface area is 125 Å².